The van der Waals surface area contributed by atoms with Crippen LogP contribution in [0.2, 0.25) is 0 Å². The van der Waals surface area contributed by atoms with E-state index in [1.54, 1.807) is 4.57 Å². The summed E-state index contributed by atoms with van der Waals surface area (Å²) in [6.07, 6.45) is 0. The van der Waals surface area contributed by atoms with Gasteiger partial charge in [-0.15, -0.1) is 0 Å². The van der Waals surface area contributed by atoms with Gasteiger partial charge in [0.2, 0.25) is 0 Å². The summed E-state index contributed by atoms with van der Waals surface area (Å²) >= 11 is 0. The van der Waals surface area contributed by atoms with Crippen molar-refractivity contribution in [3.8, 4) is 72.4 Å². The van der Waals surface area contributed by atoms with E-state index in [0.717, 1.165) is 117 Å². The molecule has 14 aromatic carbocycles. The molecule has 0 bridgehead atoms. The van der Waals surface area contributed by atoms with E-state index in [-0.39, 0.29) is 50.3 Å². The standard InChI is InChI=1S/C92H70BN3O/c1-91(2,3)68-45-42-61(43-46-68)66-50-65(60-28-13-8-14-29-60)51-71(52-66)95-83-58-70(94-80-38-22-19-34-73(80)74-35-20-23-39-81(74)94)47-49-79(83)93-78-48-44-64(59-26-11-7-12-27-59)53-82(78)96(85-55-67(54-84(95)89(85)93)72-37-25-41-87-88(72)75-36-21-24-40-86(75)97-87)90-76(62-30-15-9-16-31-62)56-69(92(4,5)6)57-77(90)63-32-17-10-18-33-63/h7-58H,1-6H3/i7D,11D,12D,19D,20D,22D,23D,26D,27D,34D,35D,38D,39D. The fraction of sp³-hybridized carbons (Fsp3) is 0.0870. The van der Waals surface area contributed by atoms with Gasteiger partial charge in [0.1, 0.15) is 11.2 Å². The molecule has 4 nitrogen and oxygen atoms in total. The lowest BCUT2D eigenvalue weighted by Gasteiger charge is -2.45. The Morgan fingerprint density at radius 3 is 1.47 bits per heavy atom. The van der Waals surface area contributed by atoms with Gasteiger partial charge in [0.15, 0.2) is 0 Å². The van der Waals surface area contributed by atoms with Crippen LogP contribution >= 0.6 is 0 Å². The Kier molecular flexibility index (Phi) is 10.6. The van der Waals surface area contributed by atoms with Crippen LogP contribution in [-0.2, 0) is 10.8 Å². The van der Waals surface area contributed by atoms with Gasteiger partial charge in [-0.3, -0.25) is 0 Å². The number of hydrogen-bond acceptors (Lipinski definition) is 3. The number of hydrogen-bond donors (Lipinski definition) is 0. The lowest BCUT2D eigenvalue weighted by atomic mass is 9.33. The molecule has 18 rings (SSSR count). The topological polar surface area (TPSA) is 24.6 Å². The maximum Gasteiger partial charge on any atom is 0.252 e. The molecule has 4 heterocycles. The minimum absolute atomic E-state index is 0.0243. The molecule has 0 radical (unpaired) electrons. The molecule has 2 aliphatic rings. The second-order valence-electron chi connectivity index (χ2n) is 27.5. The fourth-order valence-electron chi connectivity index (χ4n) is 14.9. The van der Waals surface area contributed by atoms with Gasteiger partial charge in [-0.2, -0.15) is 0 Å². The van der Waals surface area contributed by atoms with E-state index in [0.29, 0.717) is 33.8 Å². The maximum absolute atomic E-state index is 9.80. The SMILES string of the molecule is [2H]c1c([2H])c([2H])c(-c2ccc3c(c2)N(c2c(-c4ccccc4)cc(C(C)(C)C)cc2-c2ccccc2)c2cc(-c4cccc5oc6ccccc6c45)cc4c2B3c2ccc(-n3c5c([2H])c([2H])c([2H])c([2H])c5c5c([2H])c([2H])c([2H])c([2H])c53)cc2N4c2cc(-c3ccccc3)cc(-c3ccc(C(C)(C)C)cc3)c2)c([2H])c1[2H]. The molecule has 0 amide bonds. The van der Waals surface area contributed by atoms with Crippen LogP contribution < -0.4 is 26.2 Å². The third-order valence-corrected chi connectivity index (χ3v) is 19.6. The summed E-state index contributed by atoms with van der Waals surface area (Å²) < 4.78 is 130. The van der Waals surface area contributed by atoms with Crippen LogP contribution in [0, 0.1) is 0 Å². The lowest BCUT2D eigenvalue weighted by Crippen LogP contribution is -2.61. The van der Waals surface area contributed by atoms with Crippen molar-refractivity contribution >= 4 is 101 Å². The highest BCUT2D eigenvalue weighted by Crippen LogP contribution is 2.54. The van der Waals surface area contributed by atoms with Crippen LogP contribution in [0.3, 0.4) is 0 Å². The summed E-state index contributed by atoms with van der Waals surface area (Å²) in [7, 11) is 0. The van der Waals surface area contributed by atoms with Gasteiger partial charge in [0, 0.05) is 66.8 Å². The Morgan fingerprint density at radius 1 is 0.330 bits per heavy atom. The molecule has 0 unspecified atom stereocenters. The average molecular weight is 1260 g/mol. The van der Waals surface area contributed by atoms with Gasteiger partial charge in [-0.05, 0) is 179 Å². The highest BCUT2D eigenvalue weighted by Gasteiger charge is 2.45. The minimum Gasteiger partial charge on any atom is -0.456 e. The van der Waals surface area contributed by atoms with Crippen molar-refractivity contribution in [2.75, 3.05) is 9.80 Å². The van der Waals surface area contributed by atoms with Crippen LogP contribution in [0.1, 0.15) is 70.5 Å². The predicted molar refractivity (Wildman–Crippen MR) is 412 cm³/mol. The Balaban J connectivity index is 1.06. The zero-order valence-corrected chi connectivity index (χ0v) is 54.3. The molecule has 0 saturated carbocycles. The number of furan rings is 1. The molecule has 97 heavy (non-hydrogen) atoms. The van der Waals surface area contributed by atoms with Gasteiger partial charge in [-0.25, -0.2) is 0 Å². The Bertz CT molecular complexity index is 6440. The number of nitrogens with zero attached hydrogens (tertiary/aromatic N) is 3. The molecule has 0 fully saturated rings. The first-order chi connectivity index (χ1) is 52.8. The summed E-state index contributed by atoms with van der Waals surface area (Å²) in [5, 5.41) is 1.67. The number of benzene rings is 14. The van der Waals surface area contributed by atoms with Crippen molar-refractivity contribution in [2.45, 2.75) is 52.4 Å². The average Bonchev–Trinajstić information content (AvgIpc) is 1.01. The van der Waals surface area contributed by atoms with Crippen molar-refractivity contribution in [1.29, 1.82) is 0 Å². The molecule has 0 saturated heterocycles. The maximum atomic E-state index is 9.80. The van der Waals surface area contributed by atoms with Crippen LogP contribution in [0.15, 0.2) is 320 Å². The van der Waals surface area contributed by atoms with Gasteiger partial charge in [-0.1, -0.05) is 272 Å². The first kappa shape index (κ1) is 45.6. The molecule has 16 aromatic rings. The molecule has 0 N–H and O–H groups in total. The van der Waals surface area contributed by atoms with E-state index in [9.17, 15) is 11.0 Å². The molecule has 2 aromatic heterocycles. The summed E-state index contributed by atoms with van der Waals surface area (Å²) in [5.74, 6) is 0. The quantitative estimate of drug-likeness (QED) is 0.135. The smallest absolute Gasteiger partial charge is 0.252 e. The van der Waals surface area contributed by atoms with Crippen molar-refractivity contribution in [3.05, 3.63) is 326 Å². The molecule has 0 spiro atoms. The Hall–Kier alpha value is -11.7. The summed E-state index contributed by atoms with van der Waals surface area (Å²) in [6, 6.07) is 75.1. The minimum atomic E-state index is -0.705. The van der Waals surface area contributed by atoms with Crippen LogP contribution in [0.5, 0.6) is 0 Å². The predicted octanol–water partition coefficient (Wildman–Crippen LogP) is 23.4. The van der Waals surface area contributed by atoms with Crippen molar-refractivity contribution in [1.82, 2.24) is 4.57 Å². The third-order valence-electron chi connectivity index (χ3n) is 19.6. The van der Waals surface area contributed by atoms with Crippen LogP contribution in [-0.4, -0.2) is 11.3 Å². The molecular weight excluding hydrogens is 1170 g/mol. The van der Waals surface area contributed by atoms with Crippen molar-refractivity contribution in [2.24, 2.45) is 0 Å². The van der Waals surface area contributed by atoms with Gasteiger partial charge in [0.05, 0.1) is 34.5 Å². The monoisotopic (exact) mass is 1260 g/mol. The van der Waals surface area contributed by atoms with Gasteiger partial charge >= 0.3 is 0 Å². The van der Waals surface area contributed by atoms with E-state index in [1.807, 2.05) is 121 Å². The number of fused-ring (bicyclic) bond motifs is 10. The van der Waals surface area contributed by atoms with Gasteiger partial charge in [0.25, 0.3) is 6.71 Å². The van der Waals surface area contributed by atoms with Gasteiger partial charge < -0.3 is 18.8 Å². The van der Waals surface area contributed by atoms with E-state index in [1.165, 1.54) is 0 Å². The Labute approximate surface area is 586 Å². The van der Waals surface area contributed by atoms with Crippen LogP contribution in [0.25, 0.3) is 116 Å². The zero-order chi connectivity index (χ0) is 76.6. The van der Waals surface area contributed by atoms with E-state index >= 15 is 0 Å². The summed E-state index contributed by atoms with van der Waals surface area (Å²) in [4.78, 5) is 4.63. The largest absolute Gasteiger partial charge is 0.456 e. The van der Waals surface area contributed by atoms with Crippen molar-refractivity contribution in [3.63, 3.8) is 0 Å². The highest BCUT2D eigenvalue weighted by atomic mass is 16.3. The molecule has 2 aliphatic heterocycles. The zero-order valence-electron chi connectivity index (χ0n) is 67.3. The fourth-order valence-corrected chi connectivity index (χ4v) is 14.9. The summed E-state index contributed by atoms with van der Waals surface area (Å²) in [6.45, 7) is 12.5. The van der Waals surface area contributed by atoms with E-state index in [2.05, 4.69) is 167 Å². The second kappa shape index (κ2) is 22.5. The number of aromatic nitrogens is 1. The summed E-state index contributed by atoms with van der Waals surface area (Å²) in [5.41, 5.74) is 19.5. The second-order valence-corrected chi connectivity index (χ2v) is 27.5. The normalized spacial score (nSPS) is 14.7. The van der Waals surface area contributed by atoms with Crippen LogP contribution in [0.4, 0.5) is 34.1 Å². The third kappa shape index (κ3) is 9.66. The first-order valence-corrected chi connectivity index (χ1v) is 32.9. The molecule has 5 heteroatoms. The van der Waals surface area contributed by atoms with E-state index < -0.39 is 73.2 Å². The lowest BCUT2D eigenvalue weighted by molar-refractivity contribution is 0.590. The Morgan fingerprint density at radius 2 is 0.845 bits per heavy atom. The van der Waals surface area contributed by atoms with E-state index in [4.69, 9.17) is 11.3 Å². The molecule has 0 atom stereocenters. The number of para-hydroxylation sites is 3. The highest BCUT2D eigenvalue weighted by molar-refractivity contribution is 7.00. The number of rotatable bonds is 9. The molecule has 0 aliphatic carbocycles. The first-order valence-electron chi connectivity index (χ1n) is 39.4. The van der Waals surface area contributed by atoms with Crippen molar-refractivity contribution < 1.29 is 22.2 Å². The molecule has 462 valence electrons. The number of anilines is 6. The molecular formula is C92H70BN3O.